The van der Waals surface area contributed by atoms with Crippen LogP contribution in [0.1, 0.15) is 81.9 Å². The van der Waals surface area contributed by atoms with Crippen LogP contribution in [-0.2, 0) is 17.4 Å². The number of rotatable bonds is 4. The quantitative estimate of drug-likeness (QED) is 0.599. The van der Waals surface area contributed by atoms with Gasteiger partial charge in [0.05, 0.1) is 4.60 Å². The van der Waals surface area contributed by atoms with Crippen molar-refractivity contribution in [1.29, 1.82) is 0 Å². The van der Waals surface area contributed by atoms with Crippen molar-refractivity contribution in [1.82, 2.24) is 4.57 Å². The smallest absolute Gasteiger partial charge is 0.194 e. The molecule has 0 amide bonds. The van der Waals surface area contributed by atoms with E-state index in [-0.39, 0.29) is 16.6 Å². The fraction of sp³-hybridized carbons (Fsp3) is 0.500. The predicted octanol–water partition coefficient (Wildman–Crippen LogP) is 6.19. The largest absolute Gasteiger partial charge is 0.507 e. The Morgan fingerprint density at radius 2 is 1.50 bits per heavy atom. The zero-order valence-corrected chi connectivity index (χ0v) is 18.5. The van der Waals surface area contributed by atoms with E-state index >= 15 is 0 Å². The Balaban J connectivity index is 2.62. The van der Waals surface area contributed by atoms with Gasteiger partial charge < -0.3 is 9.67 Å². The lowest BCUT2D eigenvalue weighted by molar-refractivity contribution is 0.103. The lowest BCUT2D eigenvalue weighted by atomic mass is 9.78. The first-order valence-corrected chi connectivity index (χ1v) is 9.94. The SMILES string of the molecule is CCCn1cc(C(=O)c2cc(C(C)(C)C)c(O)c(C(C)(C)C)c2)cc1Br. The molecule has 0 aliphatic rings. The Morgan fingerprint density at radius 1 is 1.00 bits per heavy atom. The number of carbonyl (C=O) groups excluding carboxylic acids is 1. The molecular formula is C22H30BrNO2. The number of aromatic nitrogens is 1. The maximum Gasteiger partial charge on any atom is 0.194 e. The van der Waals surface area contributed by atoms with Gasteiger partial charge in [0.25, 0.3) is 0 Å². The molecule has 1 N–H and O–H groups in total. The monoisotopic (exact) mass is 419 g/mol. The van der Waals surface area contributed by atoms with Crippen LogP contribution in [0.5, 0.6) is 5.75 Å². The van der Waals surface area contributed by atoms with Crippen molar-refractivity contribution in [2.75, 3.05) is 0 Å². The van der Waals surface area contributed by atoms with E-state index in [0.29, 0.717) is 16.9 Å². The third-order valence-corrected chi connectivity index (χ3v) is 5.24. The van der Waals surface area contributed by atoms with Crippen molar-refractivity contribution < 1.29 is 9.90 Å². The average molecular weight is 420 g/mol. The number of hydrogen-bond donors (Lipinski definition) is 1. The molecule has 1 aromatic heterocycles. The van der Waals surface area contributed by atoms with Crippen LogP contribution < -0.4 is 0 Å². The molecule has 0 radical (unpaired) electrons. The second-order valence-corrected chi connectivity index (χ2v) is 9.81. The lowest BCUT2D eigenvalue weighted by Crippen LogP contribution is -2.19. The summed E-state index contributed by atoms with van der Waals surface area (Å²) in [6.07, 6.45) is 2.90. The Hall–Kier alpha value is -1.55. The lowest BCUT2D eigenvalue weighted by Gasteiger charge is -2.28. The highest BCUT2D eigenvalue weighted by Crippen LogP contribution is 2.40. The van der Waals surface area contributed by atoms with Crippen LogP contribution in [0.25, 0.3) is 0 Å². The van der Waals surface area contributed by atoms with Gasteiger partial charge in [0.15, 0.2) is 5.78 Å². The van der Waals surface area contributed by atoms with E-state index in [2.05, 4.69) is 64.4 Å². The molecule has 1 heterocycles. The first-order chi connectivity index (χ1) is 11.9. The van der Waals surface area contributed by atoms with Crippen molar-refractivity contribution in [3.05, 3.63) is 51.3 Å². The first kappa shape index (κ1) is 20.8. The highest BCUT2D eigenvalue weighted by Gasteiger charge is 2.28. The highest BCUT2D eigenvalue weighted by molar-refractivity contribution is 9.10. The van der Waals surface area contributed by atoms with Crippen LogP contribution >= 0.6 is 15.9 Å². The number of ketones is 1. The highest BCUT2D eigenvalue weighted by atomic mass is 79.9. The molecule has 1 aromatic carbocycles. The zero-order valence-electron chi connectivity index (χ0n) is 16.9. The molecule has 0 unspecified atom stereocenters. The van der Waals surface area contributed by atoms with E-state index in [0.717, 1.165) is 28.7 Å². The predicted molar refractivity (Wildman–Crippen MR) is 111 cm³/mol. The van der Waals surface area contributed by atoms with Crippen molar-refractivity contribution in [3.63, 3.8) is 0 Å². The fourth-order valence-corrected chi connectivity index (χ4v) is 3.62. The first-order valence-electron chi connectivity index (χ1n) is 9.14. The number of phenols is 1. The van der Waals surface area contributed by atoms with Gasteiger partial charge in [0, 0.05) is 35.0 Å². The van der Waals surface area contributed by atoms with Crippen LogP contribution in [-0.4, -0.2) is 15.5 Å². The summed E-state index contributed by atoms with van der Waals surface area (Å²) in [5.74, 6) is 0.280. The molecule has 2 rings (SSSR count). The molecule has 142 valence electrons. The normalized spacial score (nSPS) is 12.5. The molecule has 2 aromatic rings. The minimum Gasteiger partial charge on any atom is -0.507 e. The van der Waals surface area contributed by atoms with E-state index in [1.165, 1.54) is 0 Å². The number of benzene rings is 1. The molecule has 0 atom stereocenters. The number of hydrogen-bond acceptors (Lipinski definition) is 2. The molecule has 0 spiro atoms. The molecule has 0 saturated heterocycles. The minimum atomic E-state index is -0.255. The molecule has 4 heteroatoms. The van der Waals surface area contributed by atoms with Crippen LogP contribution in [0, 0.1) is 0 Å². The summed E-state index contributed by atoms with van der Waals surface area (Å²) in [4.78, 5) is 13.2. The molecule has 0 aliphatic heterocycles. The van der Waals surface area contributed by atoms with Crippen molar-refractivity contribution >= 4 is 21.7 Å². The summed E-state index contributed by atoms with van der Waals surface area (Å²) in [6.45, 7) is 15.3. The van der Waals surface area contributed by atoms with Gasteiger partial charge >= 0.3 is 0 Å². The molecule has 0 bridgehead atoms. The molecule has 0 aliphatic carbocycles. The topological polar surface area (TPSA) is 42.2 Å². The van der Waals surface area contributed by atoms with Crippen LogP contribution in [0.2, 0.25) is 0 Å². The summed E-state index contributed by atoms with van der Waals surface area (Å²) >= 11 is 3.53. The maximum absolute atomic E-state index is 13.2. The molecule has 0 saturated carbocycles. The maximum atomic E-state index is 13.2. The Kier molecular flexibility index (Phi) is 5.77. The van der Waals surface area contributed by atoms with E-state index in [4.69, 9.17) is 0 Å². The third kappa shape index (κ3) is 4.22. The number of aromatic hydroxyl groups is 1. The van der Waals surface area contributed by atoms with Crippen LogP contribution in [0.3, 0.4) is 0 Å². The fourth-order valence-electron chi connectivity index (χ4n) is 3.09. The number of aryl methyl sites for hydroxylation is 1. The summed E-state index contributed by atoms with van der Waals surface area (Å²) < 4.78 is 2.96. The van der Waals surface area contributed by atoms with Gasteiger partial charge in [0.1, 0.15) is 5.75 Å². The summed E-state index contributed by atoms with van der Waals surface area (Å²) in [5, 5.41) is 10.8. The Bertz CT molecular complexity index is 785. The number of halogens is 1. The summed E-state index contributed by atoms with van der Waals surface area (Å²) in [6, 6.07) is 5.56. The summed E-state index contributed by atoms with van der Waals surface area (Å²) in [5.41, 5.74) is 2.39. The average Bonchev–Trinajstić information content (AvgIpc) is 2.86. The summed E-state index contributed by atoms with van der Waals surface area (Å²) in [7, 11) is 0. The van der Waals surface area contributed by atoms with E-state index in [1.807, 2.05) is 29.0 Å². The molecule has 26 heavy (non-hydrogen) atoms. The van der Waals surface area contributed by atoms with Gasteiger partial charge in [-0.05, 0) is 51.4 Å². The zero-order chi connectivity index (χ0) is 19.9. The number of nitrogens with zero attached hydrogens (tertiary/aromatic N) is 1. The van der Waals surface area contributed by atoms with Gasteiger partial charge in [-0.3, -0.25) is 4.79 Å². The van der Waals surface area contributed by atoms with Crippen molar-refractivity contribution in [2.45, 2.75) is 72.3 Å². The standard InChI is InChI=1S/C22H30BrNO2/c1-8-9-24-13-15(12-18(24)23)19(25)14-10-16(21(2,3)4)20(26)17(11-14)22(5,6)7/h10-13,26H,8-9H2,1-7H3. The van der Waals surface area contributed by atoms with Crippen molar-refractivity contribution in [3.8, 4) is 5.75 Å². The van der Waals surface area contributed by atoms with Crippen LogP contribution in [0.15, 0.2) is 29.0 Å². The van der Waals surface area contributed by atoms with Crippen LogP contribution in [0.4, 0.5) is 0 Å². The molecular weight excluding hydrogens is 390 g/mol. The van der Waals surface area contributed by atoms with Gasteiger partial charge in [-0.15, -0.1) is 0 Å². The van der Waals surface area contributed by atoms with Gasteiger partial charge in [0.2, 0.25) is 0 Å². The van der Waals surface area contributed by atoms with Gasteiger partial charge in [-0.1, -0.05) is 48.5 Å². The molecule has 3 nitrogen and oxygen atoms in total. The second kappa shape index (κ2) is 7.22. The molecule has 0 fully saturated rings. The van der Waals surface area contributed by atoms with Crippen molar-refractivity contribution in [2.24, 2.45) is 0 Å². The van der Waals surface area contributed by atoms with E-state index in [9.17, 15) is 9.90 Å². The van der Waals surface area contributed by atoms with E-state index < -0.39 is 0 Å². The Labute approximate surface area is 165 Å². The number of phenolic OH excluding ortho intramolecular Hbond substituents is 1. The second-order valence-electron chi connectivity index (χ2n) is 8.99. The minimum absolute atomic E-state index is 0.0171. The van der Waals surface area contributed by atoms with E-state index in [1.54, 1.807) is 0 Å². The Morgan fingerprint density at radius 3 is 1.92 bits per heavy atom. The van der Waals surface area contributed by atoms with Gasteiger partial charge in [-0.2, -0.15) is 0 Å². The number of carbonyl (C=O) groups is 1. The van der Waals surface area contributed by atoms with Gasteiger partial charge in [-0.25, -0.2) is 0 Å². The third-order valence-electron chi connectivity index (χ3n) is 4.56.